The number of aryl methyl sites for hydroxylation is 1. The summed E-state index contributed by atoms with van der Waals surface area (Å²) in [6.07, 6.45) is 3.45. The summed E-state index contributed by atoms with van der Waals surface area (Å²) in [6, 6.07) is 18.1. The van der Waals surface area contributed by atoms with Crippen LogP contribution in [0.3, 0.4) is 0 Å². The van der Waals surface area contributed by atoms with Gasteiger partial charge in [-0.3, -0.25) is 0 Å². The number of fused-ring (bicyclic) bond motifs is 1. The van der Waals surface area contributed by atoms with Gasteiger partial charge in [0.25, 0.3) is 0 Å². The normalized spacial score (nSPS) is 17.0. The number of H-pyrrole nitrogens is 1. The highest BCUT2D eigenvalue weighted by molar-refractivity contribution is 7.91. The SMILES string of the molecule is CCNC(c1ccc(-c2cc(S(=O)(=O)CC)ccc2OC)[nH]1)C1CCCc2ccccc21. The minimum absolute atomic E-state index is 0.0678. The van der Waals surface area contributed by atoms with Gasteiger partial charge in [0.2, 0.25) is 0 Å². The number of aromatic nitrogens is 1. The lowest BCUT2D eigenvalue weighted by Gasteiger charge is -2.32. The molecule has 0 saturated heterocycles. The van der Waals surface area contributed by atoms with Crippen LogP contribution in [0.25, 0.3) is 11.3 Å². The number of rotatable bonds is 8. The van der Waals surface area contributed by atoms with Crippen LogP contribution in [0.4, 0.5) is 0 Å². The molecule has 1 aliphatic carbocycles. The predicted octanol–water partition coefficient (Wildman–Crippen LogP) is 5.25. The van der Waals surface area contributed by atoms with Gasteiger partial charge >= 0.3 is 0 Å². The number of benzene rings is 2. The fourth-order valence-corrected chi connectivity index (χ4v) is 5.74. The third-order valence-corrected chi connectivity index (χ3v) is 8.22. The molecule has 6 heteroatoms. The maximum atomic E-state index is 12.4. The topological polar surface area (TPSA) is 71.2 Å². The summed E-state index contributed by atoms with van der Waals surface area (Å²) >= 11 is 0. The van der Waals surface area contributed by atoms with Gasteiger partial charge < -0.3 is 15.0 Å². The molecule has 2 N–H and O–H groups in total. The molecule has 0 saturated carbocycles. The van der Waals surface area contributed by atoms with E-state index in [0.29, 0.717) is 16.6 Å². The van der Waals surface area contributed by atoms with Gasteiger partial charge in [0.05, 0.1) is 23.8 Å². The van der Waals surface area contributed by atoms with Gasteiger partial charge in [-0.1, -0.05) is 38.1 Å². The van der Waals surface area contributed by atoms with E-state index in [0.717, 1.165) is 36.3 Å². The highest BCUT2D eigenvalue weighted by Crippen LogP contribution is 2.41. The molecule has 0 fully saturated rings. The molecular formula is C26H32N2O3S. The van der Waals surface area contributed by atoms with Crippen molar-refractivity contribution in [2.24, 2.45) is 0 Å². The van der Waals surface area contributed by atoms with Crippen LogP contribution in [-0.2, 0) is 16.3 Å². The summed E-state index contributed by atoms with van der Waals surface area (Å²) < 4.78 is 30.4. The van der Waals surface area contributed by atoms with Crippen molar-refractivity contribution >= 4 is 9.84 Å². The van der Waals surface area contributed by atoms with Gasteiger partial charge in [-0.25, -0.2) is 8.42 Å². The molecule has 0 radical (unpaired) electrons. The van der Waals surface area contributed by atoms with Gasteiger partial charge in [0.15, 0.2) is 9.84 Å². The van der Waals surface area contributed by atoms with Gasteiger partial charge in [0, 0.05) is 22.9 Å². The number of aromatic amines is 1. The lowest BCUT2D eigenvalue weighted by molar-refractivity contribution is 0.403. The molecule has 32 heavy (non-hydrogen) atoms. The first-order valence-corrected chi connectivity index (χ1v) is 13.0. The lowest BCUT2D eigenvalue weighted by Crippen LogP contribution is -2.29. The lowest BCUT2D eigenvalue weighted by atomic mass is 9.78. The molecule has 170 valence electrons. The van der Waals surface area contributed by atoms with Crippen molar-refractivity contribution in [1.82, 2.24) is 10.3 Å². The molecule has 2 aromatic carbocycles. The molecule has 5 nitrogen and oxygen atoms in total. The molecule has 1 aromatic heterocycles. The van der Waals surface area contributed by atoms with Crippen molar-refractivity contribution in [2.75, 3.05) is 19.4 Å². The van der Waals surface area contributed by atoms with E-state index in [1.165, 1.54) is 17.5 Å². The summed E-state index contributed by atoms with van der Waals surface area (Å²) in [6.45, 7) is 4.66. The molecule has 1 heterocycles. The molecule has 3 aromatic rings. The van der Waals surface area contributed by atoms with E-state index in [1.807, 2.05) is 6.07 Å². The summed E-state index contributed by atoms with van der Waals surface area (Å²) in [7, 11) is -1.70. The van der Waals surface area contributed by atoms with Gasteiger partial charge in [0.1, 0.15) is 5.75 Å². The number of hydrogen-bond donors (Lipinski definition) is 2. The number of hydrogen-bond acceptors (Lipinski definition) is 4. The Labute approximate surface area is 191 Å². The molecule has 1 aliphatic rings. The van der Waals surface area contributed by atoms with Crippen LogP contribution in [0.5, 0.6) is 5.75 Å². The molecule has 0 spiro atoms. The van der Waals surface area contributed by atoms with Crippen molar-refractivity contribution < 1.29 is 13.2 Å². The Balaban J connectivity index is 1.74. The maximum Gasteiger partial charge on any atom is 0.178 e. The van der Waals surface area contributed by atoms with Gasteiger partial charge in [-0.2, -0.15) is 0 Å². The molecule has 0 bridgehead atoms. The first-order chi connectivity index (χ1) is 15.5. The van der Waals surface area contributed by atoms with Crippen molar-refractivity contribution in [1.29, 1.82) is 0 Å². The number of sulfone groups is 1. The van der Waals surface area contributed by atoms with E-state index in [4.69, 9.17) is 4.74 Å². The second kappa shape index (κ2) is 9.51. The van der Waals surface area contributed by atoms with Crippen LogP contribution < -0.4 is 10.1 Å². The average Bonchev–Trinajstić information content (AvgIpc) is 3.31. The zero-order chi connectivity index (χ0) is 22.7. The van der Waals surface area contributed by atoms with Crippen molar-refractivity contribution in [3.8, 4) is 17.0 Å². The molecule has 0 amide bonds. The fourth-order valence-electron chi connectivity index (χ4n) is 4.83. The van der Waals surface area contributed by atoms with E-state index in [9.17, 15) is 8.42 Å². The van der Waals surface area contributed by atoms with Crippen LogP contribution in [-0.4, -0.2) is 32.8 Å². The van der Waals surface area contributed by atoms with Crippen LogP contribution in [0, 0.1) is 0 Å². The fraction of sp³-hybridized carbons (Fsp3) is 0.385. The van der Waals surface area contributed by atoms with Gasteiger partial charge in [-0.15, -0.1) is 0 Å². The molecule has 2 atom stereocenters. The van der Waals surface area contributed by atoms with E-state index in [2.05, 4.69) is 47.6 Å². The van der Waals surface area contributed by atoms with Gasteiger partial charge in [-0.05, 0) is 67.3 Å². The third kappa shape index (κ3) is 4.34. The van der Waals surface area contributed by atoms with Crippen molar-refractivity contribution in [2.45, 2.75) is 50.0 Å². The van der Waals surface area contributed by atoms with E-state index < -0.39 is 9.84 Å². The monoisotopic (exact) mass is 452 g/mol. The number of ether oxygens (including phenoxy) is 1. The smallest absolute Gasteiger partial charge is 0.178 e. The zero-order valence-corrected chi connectivity index (χ0v) is 19.8. The summed E-state index contributed by atoms with van der Waals surface area (Å²) in [4.78, 5) is 3.89. The summed E-state index contributed by atoms with van der Waals surface area (Å²) in [5.41, 5.74) is 5.59. The Morgan fingerprint density at radius 3 is 2.69 bits per heavy atom. The predicted molar refractivity (Wildman–Crippen MR) is 129 cm³/mol. The largest absolute Gasteiger partial charge is 0.496 e. The molecule has 4 rings (SSSR count). The van der Waals surface area contributed by atoms with Crippen molar-refractivity contribution in [3.63, 3.8) is 0 Å². The maximum absolute atomic E-state index is 12.4. The number of methoxy groups -OCH3 is 1. The molecule has 2 unspecified atom stereocenters. The highest BCUT2D eigenvalue weighted by atomic mass is 32.2. The Kier molecular flexibility index (Phi) is 6.72. The highest BCUT2D eigenvalue weighted by Gasteiger charge is 2.29. The number of likely N-dealkylation sites (N-methyl/N-ethyl adjacent to an activating group) is 1. The quantitative estimate of drug-likeness (QED) is 0.489. The van der Waals surface area contributed by atoms with Crippen LogP contribution in [0.1, 0.15) is 55.5 Å². The van der Waals surface area contributed by atoms with Crippen LogP contribution >= 0.6 is 0 Å². The minimum Gasteiger partial charge on any atom is -0.496 e. The minimum atomic E-state index is -3.30. The second-order valence-corrected chi connectivity index (χ2v) is 10.6. The first-order valence-electron chi connectivity index (χ1n) is 11.4. The Morgan fingerprint density at radius 2 is 1.94 bits per heavy atom. The zero-order valence-electron chi connectivity index (χ0n) is 19.0. The molecule has 0 aliphatic heterocycles. The van der Waals surface area contributed by atoms with E-state index in [-0.39, 0.29) is 11.8 Å². The average molecular weight is 453 g/mol. The number of nitrogens with one attached hydrogen (secondary N) is 2. The molecular weight excluding hydrogens is 420 g/mol. The summed E-state index contributed by atoms with van der Waals surface area (Å²) in [5, 5.41) is 3.69. The van der Waals surface area contributed by atoms with Crippen LogP contribution in [0.15, 0.2) is 59.5 Å². The van der Waals surface area contributed by atoms with Crippen LogP contribution in [0.2, 0.25) is 0 Å². The Morgan fingerprint density at radius 1 is 1.12 bits per heavy atom. The summed E-state index contributed by atoms with van der Waals surface area (Å²) in [5.74, 6) is 1.11. The van der Waals surface area contributed by atoms with E-state index >= 15 is 0 Å². The first kappa shape index (κ1) is 22.6. The van der Waals surface area contributed by atoms with E-state index in [1.54, 1.807) is 32.2 Å². The Bertz CT molecular complexity index is 1180. The van der Waals surface area contributed by atoms with Crippen molar-refractivity contribution in [3.05, 3.63) is 71.4 Å². The second-order valence-electron chi connectivity index (χ2n) is 8.33. The Hall–Kier alpha value is -2.57. The third-order valence-electron chi connectivity index (χ3n) is 6.49. The standard InChI is InChI=1S/C26H32N2O3S/c1-4-27-26(21-12-8-10-18-9-6-7-11-20(18)21)24-15-14-23(28-24)22-17-19(32(29,30)5-2)13-16-25(22)31-3/h6-7,9,11,13-17,21,26-28H,4-5,8,10,12H2,1-3H3.